The smallest absolute Gasteiger partial charge is 0.317 e. The van der Waals surface area contributed by atoms with Gasteiger partial charge in [-0.15, -0.1) is 0 Å². The highest BCUT2D eigenvalue weighted by Gasteiger charge is 2.39. The SMILES string of the molecule is CSC1=NC(c2ccc(C)c([N+](=O)[O-])c2)C(C(=O)OCCCc2ccccc2)C(COCCN2CCCCC2)=N1. The summed E-state index contributed by atoms with van der Waals surface area (Å²) in [7, 11) is 0. The first-order valence-corrected chi connectivity index (χ1v) is 15.1. The topological polar surface area (TPSA) is 107 Å². The number of hydrogen-bond donors (Lipinski definition) is 0. The van der Waals surface area contributed by atoms with Crippen LogP contribution in [0.2, 0.25) is 0 Å². The quantitative estimate of drug-likeness (QED) is 0.146. The summed E-state index contributed by atoms with van der Waals surface area (Å²) in [5, 5.41) is 12.2. The Bertz CT molecular complexity index is 1210. The zero-order valence-corrected chi connectivity index (χ0v) is 24.1. The summed E-state index contributed by atoms with van der Waals surface area (Å²) in [6.45, 7) is 5.65. The van der Waals surface area contributed by atoms with E-state index in [9.17, 15) is 14.9 Å². The standard InChI is InChI=1S/C30H38N4O5S/c1-22-13-14-24(20-26(22)34(36)37)28-27(29(35)39-18-9-12-23-10-5-3-6-11-23)25(31-30(32-28)40-2)21-38-19-17-33-15-7-4-8-16-33/h3,5-6,10-11,13-14,20,27-28H,4,7-9,12,15-19,21H2,1-2H3. The zero-order valence-electron chi connectivity index (χ0n) is 23.3. The number of carbonyl (C=O) groups excluding carboxylic acids is 1. The van der Waals surface area contributed by atoms with Gasteiger partial charge in [-0.05, 0) is 63.1 Å². The number of benzene rings is 2. The van der Waals surface area contributed by atoms with E-state index in [0.29, 0.717) is 35.0 Å². The molecule has 0 spiro atoms. The van der Waals surface area contributed by atoms with Crippen molar-refractivity contribution in [2.24, 2.45) is 15.9 Å². The Labute approximate surface area is 240 Å². The van der Waals surface area contributed by atoms with Crippen LogP contribution < -0.4 is 0 Å². The normalized spacial score (nSPS) is 19.6. The van der Waals surface area contributed by atoms with Gasteiger partial charge in [-0.1, -0.05) is 60.6 Å². The monoisotopic (exact) mass is 566 g/mol. The van der Waals surface area contributed by atoms with E-state index in [1.807, 2.05) is 36.6 Å². The number of nitro benzene ring substituents is 1. The van der Waals surface area contributed by atoms with Gasteiger partial charge in [0.1, 0.15) is 5.92 Å². The van der Waals surface area contributed by atoms with Crippen LogP contribution in [-0.4, -0.2) is 72.4 Å². The van der Waals surface area contributed by atoms with E-state index in [1.165, 1.54) is 42.7 Å². The average Bonchev–Trinajstić information content (AvgIpc) is 2.98. The van der Waals surface area contributed by atoms with E-state index in [0.717, 1.165) is 26.1 Å². The first-order chi connectivity index (χ1) is 19.5. The molecule has 2 atom stereocenters. The predicted octanol–water partition coefficient (Wildman–Crippen LogP) is 5.41. The molecule has 0 amide bonds. The maximum absolute atomic E-state index is 13.6. The molecule has 0 saturated carbocycles. The summed E-state index contributed by atoms with van der Waals surface area (Å²) < 4.78 is 11.8. The number of rotatable bonds is 12. The third-order valence-corrected chi connectivity index (χ3v) is 7.88. The van der Waals surface area contributed by atoms with Crippen LogP contribution in [0.5, 0.6) is 0 Å². The van der Waals surface area contributed by atoms with Gasteiger partial charge in [0, 0.05) is 18.2 Å². The summed E-state index contributed by atoms with van der Waals surface area (Å²) in [6.07, 6.45) is 7.04. The Morgan fingerprint density at radius 3 is 2.62 bits per heavy atom. The number of amidine groups is 1. The molecule has 2 aromatic carbocycles. The molecule has 1 saturated heterocycles. The highest BCUT2D eigenvalue weighted by molar-refractivity contribution is 8.13. The molecular weight excluding hydrogens is 528 g/mol. The van der Waals surface area contributed by atoms with E-state index in [4.69, 9.17) is 14.5 Å². The Kier molecular flexibility index (Phi) is 11.3. The van der Waals surface area contributed by atoms with Gasteiger partial charge in [-0.25, -0.2) is 4.99 Å². The van der Waals surface area contributed by atoms with Gasteiger partial charge >= 0.3 is 5.97 Å². The van der Waals surface area contributed by atoms with E-state index < -0.39 is 22.9 Å². The molecule has 0 aliphatic carbocycles. The Morgan fingerprint density at radius 2 is 1.90 bits per heavy atom. The van der Waals surface area contributed by atoms with Crippen molar-refractivity contribution in [1.82, 2.24) is 4.90 Å². The van der Waals surface area contributed by atoms with Crippen molar-refractivity contribution in [2.45, 2.75) is 45.1 Å². The molecule has 2 heterocycles. The number of likely N-dealkylation sites (tertiary alicyclic amines) is 1. The van der Waals surface area contributed by atoms with Gasteiger partial charge in [-0.2, -0.15) is 0 Å². The molecule has 2 aromatic rings. The van der Waals surface area contributed by atoms with Crippen LogP contribution in [0.3, 0.4) is 0 Å². The molecule has 10 heteroatoms. The first kappa shape index (κ1) is 29.9. The highest BCUT2D eigenvalue weighted by Crippen LogP contribution is 2.36. The lowest BCUT2D eigenvalue weighted by Gasteiger charge is -2.29. The van der Waals surface area contributed by atoms with Gasteiger partial charge in [-0.3, -0.25) is 19.9 Å². The molecule has 0 aromatic heterocycles. The number of aliphatic imine (C=N–C) groups is 2. The second-order valence-corrected chi connectivity index (χ2v) is 10.9. The van der Waals surface area contributed by atoms with Crippen LogP contribution in [0.4, 0.5) is 5.69 Å². The minimum absolute atomic E-state index is 0.00442. The van der Waals surface area contributed by atoms with Gasteiger partial charge < -0.3 is 14.4 Å². The van der Waals surface area contributed by atoms with E-state index in [2.05, 4.69) is 9.89 Å². The van der Waals surface area contributed by atoms with Crippen LogP contribution in [0, 0.1) is 23.0 Å². The molecule has 4 rings (SSSR count). The summed E-state index contributed by atoms with van der Waals surface area (Å²) in [6, 6.07) is 14.4. The molecule has 2 aliphatic heterocycles. The van der Waals surface area contributed by atoms with Gasteiger partial charge in [0.05, 0.1) is 36.5 Å². The lowest BCUT2D eigenvalue weighted by Crippen LogP contribution is -2.38. The number of thioether (sulfide) groups is 1. The largest absolute Gasteiger partial charge is 0.465 e. The minimum atomic E-state index is -0.829. The van der Waals surface area contributed by atoms with Crippen molar-refractivity contribution >= 4 is 34.3 Å². The fourth-order valence-corrected chi connectivity index (χ4v) is 5.52. The third kappa shape index (κ3) is 8.22. The van der Waals surface area contributed by atoms with Gasteiger partial charge in [0.2, 0.25) is 0 Å². The fraction of sp³-hybridized carbons (Fsp3) is 0.500. The number of esters is 1. The van der Waals surface area contributed by atoms with Crippen LogP contribution in [0.25, 0.3) is 0 Å². The number of carbonyl (C=O) groups is 1. The molecule has 1 fully saturated rings. The van der Waals surface area contributed by atoms with E-state index in [1.54, 1.807) is 19.1 Å². The fourth-order valence-electron chi connectivity index (χ4n) is 5.09. The van der Waals surface area contributed by atoms with Crippen LogP contribution in [-0.2, 0) is 20.7 Å². The molecule has 2 aliphatic rings. The molecule has 40 heavy (non-hydrogen) atoms. The lowest BCUT2D eigenvalue weighted by atomic mass is 9.88. The van der Waals surface area contributed by atoms with Crippen LogP contribution in [0.1, 0.15) is 48.4 Å². The molecule has 0 bridgehead atoms. The Balaban J connectivity index is 1.50. The maximum atomic E-state index is 13.6. The van der Waals surface area contributed by atoms with Gasteiger partial charge in [0.25, 0.3) is 5.69 Å². The Morgan fingerprint density at radius 1 is 1.12 bits per heavy atom. The molecule has 9 nitrogen and oxygen atoms in total. The van der Waals surface area contributed by atoms with E-state index >= 15 is 0 Å². The third-order valence-electron chi connectivity index (χ3n) is 7.32. The average molecular weight is 567 g/mol. The molecule has 2 unspecified atom stereocenters. The number of piperidine rings is 1. The second kappa shape index (κ2) is 15.1. The summed E-state index contributed by atoms with van der Waals surface area (Å²) >= 11 is 1.37. The van der Waals surface area contributed by atoms with E-state index in [-0.39, 0.29) is 18.9 Å². The minimum Gasteiger partial charge on any atom is -0.465 e. The van der Waals surface area contributed by atoms with Crippen molar-refractivity contribution in [1.29, 1.82) is 0 Å². The Hall–Kier alpha value is -3.08. The molecule has 0 N–H and O–H groups in total. The lowest BCUT2D eigenvalue weighted by molar-refractivity contribution is -0.385. The number of nitro groups is 1. The second-order valence-electron chi connectivity index (χ2n) is 10.2. The van der Waals surface area contributed by atoms with Crippen LogP contribution in [0.15, 0.2) is 58.5 Å². The summed E-state index contributed by atoms with van der Waals surface area (Å²) in [5.41, 5.74) is 2.85. The van der Waals surface area contributed by atoms with Crippen molar-refractivity contribution in [3.8, 4) is 0 Å². The van der Waals surface area contributed by atoms with Crippen molar-refractivity contribution in [2.75, 3.05) is 45.7 Å². The zero-order chi connectivity index (χ0) is 28.3. The number of aryl methyl sites for hydroxylation is 2. The summed E-state index contributed by atoms with van der Waals surface area (Å²) in [5.74, 6) is -1.27. The number of nitrogens with zero attached hydrogens (tertiary/aromatic N) is 4. The number of hydrogen-bond acceptors (Lipinski definition) is 9. The molecular formula is C30H38N4O5S. The predicted molar refractivity (Wildman–Crippen MR) is 159 cm³/mol. The van der Waals surface area contributed by atoms with Crippen molar-refractivity contribution in [3.63, 3.8) is 0 Å². The maximum Gasteiger partial charge on any atom is 0.317 e. The number of ether oxygens (including phenoxy) is 2. The first-order valence-electron chi connectivity index (χ1n) is 13.9. The van der Waals surface area contributed by atoms with Crippen molar-refractivity contribution < 1.29 is 19.2 Å². The molecule has 0 radical (unpaired) electrons. The summed E-state index contributed by atoms with van der Waals surface area (Å²) in [4.78, 5) is 36.7. The van der Waals surface area contributed by atoms with Crippen molar-refractivity contribution in [3.05, 3.63) is 75.3 Å². The van der Waals surface area contributed by atoms with Crippen LogP contribution >= 0.6 is 11.8 Å². The molecule has 214 valence electrons. The highest BCUT2D eigenvalue weighted by atomic mass is 32.2. The van der Waals surface area contributed by atoms with Gasteiger partial charge in [0.15, 0.2) is 5.17 Å².